The normalized spacial score (nSPS) is 10.8. The van der Waals surface area contributed by atoms with Crippen molar-refractivity contribution in [3.8, 4) is 21.7 Å². The molecule has 2 aromatic heterocycles. The molecule has 0 aliphatic carbocycles. The van der Waals surface area contributed by atoms with Gasteiger partial charge in [-0.3, -0.25) is 9.67 Å². The second-order valence-electron chi connectivity index (χ2n) is 4.11. The minimum atomic E-state index is -0.273. The highest BCUT2D eigenvalue weighted by Gasteiger charge is 2.18. The number of halogens is 1. The number of rotatable bonds is 2. The molecule has 0 radical (unpaired) electrons. The van der Waals surface area contributed by atoms with E-state index in [-0.39, 0.29) is 5.82 Å². The molecule has 0 saturated heterocycles. The molecule has 6 heteroatoms. The zero-order valence-corrected chi connectivity index (χ0v) is 11.0. The van der Waals surface area contributed by atoms with Crippen molar-refractivity contribution in [2.24, 2.45) is 7.05 Å². The van der Waals surface area contributed by atoms with Crippen LogP contribution in [0.4, 0.5) is 10.2 Å². The fraction of sp³-hybridized carbons (Fsp3) is 0.0769. The Labute approximate surface area is 113 Å². The lowest BCUT2D eigenvalue weighted by Crippen LogP contribution is -1.97. The van der Waals surface area contributed by atoms with Crippen molar-refractivity contribution in [3.63, 3.8) is 0 Å². The number of aryl methyl sites for hydroxylation is 1. The average Bonchev–Trinajstić information content (AvgIpc) is 3.01. The van der Waals surface area contributed by atoms with Gasteiger partial charge in [-0.15, -0.1) is 11.3 Å². The Morgan fingerprint density at radius 3 is 2.63 bits per heavy atom. The number of nitrogens with zero attached hydrogens (tertiary/aromatic N) is 3. The molecule has 19 heavy (non-hydrogen) atoms. The zero-order chi connectivity index (χ0) is 13.4. The number of hydrogen-bond donors (Lipinski definition) is 1. The van der Waals surface area contributed by atoms with Crippen molar-refractivity contribution < 1.29 is 4.39 Å². The van der Waals surface area contributed by atoms with Crippen LogP contribution in [0.3, 0.4) is 0 Å². The smallest absolute Gasteiger partial charge is 0.129 e. The van der Waals surface area contributed by atoms with Crippen LogP contribution in [0.15, 0.2) is 36.0 Å². The number of nitrogens with two attached hydrogens (primary N) is 1. The van der Waals surface area contributed by atoms with E-state index < -0.39 is 0 Å². The summed E-state index contributed by atoms with van der Waals surface area (Å²) in [4.78, 5) is 4.99. The number of anilines is 1. The Balaban J connectivity index is 2.22. The molecule has 0 unspecified atom stereocenters. The van der Waals surface area contributed by atoms with E-state index in [1.165, 1.54) is 23.5 Å². The van der Waals surface area contributed by atoms with E-state index in [1.54, 1.807) is 35.6 Å². The van der Waals surface area contributed by atoms with Crippen LogP contribution in [-0.2, 0) is 7.05 Å². The predicted molar refractivity (Wildman–Crippen MR) is 74.1 cm³/mol. The Kier molecular flexibility index (Phi) is 2.79. The quantitative estimate of drug-likeness (QED) is 0.781. The van der Waals surface area contributed by atoms with Crippen LogP contribution in [-0.4, -0.2) is 14.8 Å². The second-order valence-corrected chi connectivity index (χ2v) is 4.99. The summed E-state index contributed by atoms with van der Waals surface area (Å²) in [5, 5.41) is 4.42. The molecule has 3 aromatic rings. The van der Waals surface area contributed by atoms with Gasteiger partial charge in [-0.25, -0.2) is 4.39 Å². The summed E-state index contributed by atoms with van der Waals surface area (Å²) >= 11 is 1.49. The molecule has 0 spiro atoms. The van der Waals surface area contributed by atoms with Gasteiger partial charge in [0.2, 0.25) is 0 Å². The lowest BCUT2D eigenvalue weighted by atomic mass is 10.0. The summed E-state index contributed by atoms with van der Waals surface area (Å²) < 4.78 is 14.6. The van der Waals surface area contributed by atoms with Gasteiger partial charge in [0.25, 0.3) is 0 Å². The summed E-state index contributed by atoms with van der Waals surface area (Å²) in [6.45, 7) is 0. The van der Waals surface area contributed by atoms with Crippen molar-refractivity contribution >= 4 is 17.2 Å². The topological polar surface area (TPSA) is 56.7 Å². The van der Waals surface area contributed by atoms with Gasteiger partial charge in [0.05, 0.1) is 16.0 Å². The molecular formula is C13H11FN4S. The third-order valence-electron chi connectivity index (χ3n) is 2.89. The first-order valence-corrected chi connectivity index (χ1v) is 6.52. The van der Waals surface area contributed by atoms with Crippen LogP contribution < -0.4 is 5.73 Å². The highest BCUT2D eigenvalue weighted by molar-refractivity contribution is 7.13. The second kappa shape index (κ2) is 4.47. The molecule has 0 aliphatic rings. The minimum absolute atomic E-state index is 0.273. The van der Waals surface area contributed by atoms with Gasteiger partial charge in [-0.05, 0) is 17.7 Å². The predicted octanol–water partition coefficient (Wildman–Crippen LogP) is 2.93. The Bertz CT molecular complexity index is 701. The van der Waals surface area contributed by atoms with Crippen LogP contribution in [0.1, 0.15) is 0 Å². The van der Waals surface area contributed by atoms with Gasteiger partial charge in [0.1, 0.15) is 17.3 Å². The molecular weight excluding hydrogens is 263 g/mol. The third-order valence-corrected chi connectivity index (χ3v) is 3.67. The monoisotopic (exact) mass is 274 g/mol. The summed E-state index contributed by atoms with van der Waals surface area (Å²) in [6, 6.07) is 6.23. The molecule has 0 amide bonds. The standard InChI is InChI=1S/C13H11FN4S/c1-18-13(15)11(8-2-4-9(14)5-3-8)12(17-18)10-6-16-7-19-10/h2-7H,15H2,1H3. The number of hydrogen-bond acceptors (Lipinski definition) is 4. The fourth-order valence-corrected chi connectivity index (χ4v) is 2.55. The van der Waals surface area contributed by atoms with E-state index in [4.69, 9.17) is 5.73 Å². The SMILES string of the molecule is Cn1nc(-c2cncs2)c(-c2ccc(F)cc2)c1N. The summed E-state index contributed by atoms with van der Waals surface area (Å²) in [6.07, 6.45) is 1.75. The first kappa shape index (κ1) is 11.9. The number of nitrogen functional groups attached to an aromatic ring is 1. The highest BCUT2D eigenvalue weighted by Crippen LogP contribution is 2.37. The van der Waals surface area contributed by atoms with Crippen LogP contribution in [0.2, 0.25) is 0 Å². The van der Waals surface area contributed by atoms with E-state index in [9.17, 15) is 4.39 Å². The Morgan fingerprint density at radius 1 is 1.26 bits per heavy atom. The minimum Gasteiger partial charge on any atom is -0.383 e. The lowest BCUT2D eigenvalue weighted by Gasteiger charge is -2.02. The summed E-state index contributed by atoms with van der Waals surface area (Å²) in [5.41, 5.74) is 10.2. The van der Waals surface area contributed by atoms with Crippen LogP contribution in [0, 0.1) is 5.82 Å². The van der Waals surface area contributed by atoms with E-state index in [0.29, 0.717) is 5.82 Å². The van der Waals surface area contributed by atoms with E-state index >= 15 is 0 Å². The Morgan fingerprint density at radius 2 is 2.00 bits per heavy atom. The molecule has 2 N–H and O–H groups in total. The molecule has 2 heterocycles. The van der Waals surface area contributed by atoms with Gasteiger partial charge in [-0.2, -0.15) is 5.10 Å². The third kappa shape index (κ3) is 2.00. The summed E-state index contributed by atoms with van der Waals surface area (Å²) in [7, 11) is 1.78. The van der Waals surface area contributed by atoms with Crippen LogP contribution in [0.25, 0.3) is 21.7 Å². The largest absolute Gasteiger partial charge is 0.383 e. The van der Waals surface area contributed by atoms with E-state index in [2.05, 4.69) is 10.1 Å². The molecule has 3 rings (SSSR count). The molecule has 0 saturated carbocycles. The van der Waals surface area contributed by atoms with Crippen LogP contribution >= 0.6 is 11.3 Å². The molecule has 1 aromatic carbocycles. The number of benzene rings is 1. The van der Waals surface area contributed by atoms with Crippen molar-refractivity contribution in [2.45, 2.75) is 0 Å². The van der Waals surface area contributed by atoms with E-state index in [1.807, 2.05) is 0 Å². The van der Waals surface area contributed by atoms with Crippen LogP contribution in [0.5, 0.6) is 0 Å². The molecule has 96 valence electrons. The Hall–Kier alpha value is -2.21. The van der Waals surface area contributed by atoms with E-state index in [0.717, 1.165) is 21.7 Å². The average molecular weight is 274 g/mol. The van der Waals surface area contributed by atoms with Gasteiger partial charge < -0.3 is 5.73 Å². The maximum Gasteiger partial charge on any atom is 0.129 e. The highest BCUT2D eigenvalue weighted by atomic mass is 32.1. The maximum atomic E-state index is 13.0. The van der Waals surface area contributed by atoms with Crippen molar-refractivity contribution in [1.82, 2.24) is 14.8 Å². The molecule has 0 aliphatic heterocycles. The van der Waals surface area contributed by atoms with Crippen molar-refractivity contribution in [2.75, 3.05) is 5.73 Å². The summed E-state index contributed by atoms with van der Waals surface area (Å²) in [5.74, 6) is 0.278. The number of aromatic nitrogens is 3. The van der Waals surface area contributed by atoms with Crippen molar-refractivity contribution in [3.05, 3.63) is 41.8 Å². The fourth-order valence-electron chi connectivity index (χ4n) is 1.94. The molecule has 0 atom stereocenters. The van der Waals surface area contributed by atoms with Crippen molar-refractivity contribution in [1.29, 1.82) is 0 Å². The van der Waals surface area contributed by atoms with Gasteiger partial charge >= 0.3 is 0 Å². The maximum absolute atomic E-state index is 13.0. The lowest BCUT2D eigenvalue weighted by molar-refractivity contribution is 0.628. The van der Waals surface area contributed by atoms with Gasteiger partial charge in [-0.1, -0.05) is 12.1 Å². The van der Waals surface area contributed by atoms with Gasteiger partial charge in [0, 0.05) is 13.2 Å². The first-order chi connectivity index (χ1) is 9.16. The first-order valence-electron chi connectivity index (χ1n) is 5.64. The van der Waals surface area contributed by atoms with Gasteiger partial charge in [0.15, 0.2) is 0 Å². The molecule has 4 nitrogen and oxygen atoms in total. The molecule has 0 bridgehead atoms. The molecule has 0 fully saturated rings. The zero-order valence-electron chi connectivity index (χ0n) is 10.2. The number of thiazole rings is 1.